The Bertz CT molecular complexity index is 1000. The summed E-state index contributed by atoms with van der Waals surface area (Å²) < 4.78 is 18.7. The van der Waals surface area contributed by atoms with Crippen LogP contribution in [0.3, 0.4) is 0 Å². The fraction of sp³-hybridized carbons (Fsp3) is 0.630. The Morgan fingerprint density at radius 2 is 1.88 bits per heavy atom. The van der Waals surface area contributed by atoms with Gasteiger partial charge in [0, 0.05) is 11.8 Å². The molecule has 0 bridgehead atoms. The summed E-state index contributed by atoms with van der Waals surface area (Å²) in [6.45, 7) is 3.86. The number of benzene rings is 1. The summed E-state index contributed by atoms with van der Waals surface area (Å²) in [5.74, 6) is 0.160. The smallest absolute Gasteiger partial charge is 0.202 e. The standard InChI is InChI=1S/C27H33FO5/c1-25-11-9-18(29)13-16(25)3-8-20-21-10-12-27(32,26(21,2)14-22(30)24(20)25)23(31)15-33-19-6-4-17(28)5-7-19/h4-7,13,20-22,24,30,32H,3,8-12,14-15H2,1-2H3/t20?,21?,22?,24?,25?,26?,27-/m0/s1. The van der Waals surface area contributed by atoms with Gasteiger partial charge in [-0.05, 0) is 92.0 Å². The molecule has 5 rings (SSSR count). The van der Waals surface area contributed by atoms with E-state index in [-0.39, 0.29) is 47.2 Å². The Morgan fingerprint density at radius 3 is 2.61 bits per heavy atom. The van der Waals surface area contributed by atoms with Gasteiger partial charge in [0.1, 0.15) is 23.8 Å². The van der Waals surface area contributed by atoms with Crippen LogP contribution < -0.4 is 4.74 Å². The Kier molecular flexibility index (Phi) is 5.33. The van der Waals surface area contributed by atoms with Gasteiger partial charge in [0.15, 0.2) is 5.78 Å². The van der Waals surface area contributed by atoms with E-state index in [4.69, 9.17) is 4.74 Å². The molecular formula is C27H33FO5. The van der Waals surface area contributed by atoms with Gasteiger partial charge in [-0.15, -0.1) is 0 Å². The van der Waals surface area contributed by atoms with Crippen molar-refractivity contribution in [3.8, 4) is 5.75 Å². The van der Waals surface area contributed by atoms with E-state index in [0.717, 1.165) is 25.7 Å². The molecule has 0 radical (unpaired) electrons. The minimum Gasteiger partial charge on any atom is -0.486 e. The van der Waals surface area contributed by atoms with E-state index in [0.29, 0.717) is 25.0 Å². The predicted molar refractivity (Wildman–Crippen MR) is 120 cm³/mol. The van der Waals surface area contributed by atoms with Crippen molar-refractivity contribution in [1.29, 1.82) is 0 Å². The minimum absolute atomic E-state index is 0.0385. The second kappa shape index (κ2) is 7.74. The maximum atomic E-state index is 13.3. The molecule has 3 fully saturated rings. The lowest BCUT2D eigenvalue weighted by Crippen LogP contribution is -2.62. The lowest BCUT2D eigenvalue weighted by molar-refractivity contribution is -0.181. The highest BCUT2D eigenvalue weighted by Gasteiger charge is 2.68. The number of rotatable bonds is 4. The zero-order chi connectivity index (χ0) is 23.6. The van der Waals surface area contributed by atoms with E-state index < -0.39 is 17.1 Å². The van der Waals surface area contributed by atoms with E-state index >= 15 is 0 Å². The molecule has 0 aromatic heterocycles. The van der Waals surface area contributed by atoms with Gasteiger partial charge in [0.05, 0.1) is 6.10 Å². The van der Waals surface area contributed by atoms with Crippen molar-refractivity contribution >= 4 is 11.6 Å². The third kappa shape index (κ3) is 3.32. The monoisotopic (exact) mass is 456 g/mol. The average Bonchev–Trinajstić information content (AvgIpc) is 3.04. The molecule has 33 heavy (non-hydrogen) atoms. The summed E-state index contributed by atoms with van der Waals surface area (Å²) in [5.41, 5.74) is -1.34. The van der Waals surface area contributed by atoms with Crippen molar-refractivity contribution in [1.82, 2.24) is 0 Å². The van der Waals surface area contributed by atoms with E-state index in [1.807, 2.05) is 13.0 Å². The molecule has 0 saturated heterocycles. The molecule has 1 aromatic rings. The van der Waals surface area contributed by atoms with Crippen molar-refractivity contribution in [2.24, 2.45) is 28.6 Å². The molecule has 2 N–H and O–H groups in total. The Labute approximate surface area is 194 Å². The number of ketones is 2. The van der Waals surface area contributed by atoms with Crippen LogP contribution in [0.5, 0.6) is 5.75 Å². The molecule has 3 saturated carbocycles. The van der Waals surface area contributed by atoms with Crippen LogP contribution in [0.15, 0.2) is 35.9 Å². The maximum absolute atomic E-state index is 13.3. The lowest BCUT2D eigenvalue weighted by Gasteiger charge is -2.60. The van der Waals surface area contributed by atoms with Gasteiger partial charge >= 0.3 is 0 Å². The molecule has 0 aliphatic heterocycles. The van der Waals surface area contributed by atoms with Crippen LogP contribution in [0.2, 0.25) is 0 Å². The molecule has 178 valence electrons. The maximum Gasteiger partial charge on any atom is 0.202 e. The number of fused-ring (bicyclic) bond motifs is 5. The second-order valence-electron chi connectivity index (χ2n) is 11.1. The highest BCUT2D eigenvalue weighted by atomic mass is 19.1. The number of halogens is 1. The first-order chi connectivity index (χ1) is 15.6. The molecule has 4 aliphatic carbocycles. The minimum atomic E-state index is -1.57. The number of allylic oxidation sites excluding steroid dienone is 1. The van der Waals surface area contributed by atoms with Gasteiger partial charge < -0.3 is 14.9 Å². The van der Waals surface area contributed by atoms with Crippen LogP contribution in [0.4, 0.5) is 4.39 Å². The number of carbonyl (C=O) groups excluding carboxylic acids is 2. The van der Waals surface area contributed by atoms with Gasteiger partial charge in [0.2, 0.25) is 5.78 Å². The van der Waals surface area contributed by atoms with Gasteiger partial charge in [-0.2, -0.15) is 0 Å². The molecule has 1 aromatic carbocycles. The molecular weight excluding hydrogens is 423 g/mol. The Balaban J connectivity index is 1.39. The number of Topliss-reactive ketones (excluding diaryl/α,β-unsaturated/α-hetero) is 1. The topological polar surface area (TPSA) is 83.8 Å². The number of hydrogen-bond acceptors (Lipinski definition) is 5. The van der Waals surface area contributed by atoms with E-state index in [2.05, 4.69) is 6.92 Å². The van der Waals surface area contributed by atoms with Crippen LogP contribution in [0, 0.1) is 34.4 Å². The van der Waals surface area contributed by atoms with Crippen LogP contribution in [-0.2, 0) is 9.59 Å². The average molecular weight is 457 g/mol. The fourth-order valence-corrected chi connectivity index (χ4v) is 7.95. The molecule has 7 atom stereocenters. The summed E-state index contributed by atoms with van der Waals surface area (Å²) in [6, 6.07) is 5.46. The number of hydrogen-bond donors (Lipinski definition) is 2. The number of ether oxygens (including phenoxy) is 1. The van der Waals surface area contributed by atoms with Crippen molar-refractivity contribution < 1.29 is 28.9 Å². The van der Waals surface area contributed by atoms with Crippen LogP contribution in [-0.4, -0.2) is 40.1 Å². The van der Waals surface area contributed by atoms with Crippen LogP contribution in [0.1, 0.15) is 58.8 Å². The number of aliphatic hydroxyl groups excluding tert-OH is 1. The van der Waals surface area contributed by atoms with Gasteiger partial charge in [0.25, 0.3) is 0 Å². The lowest BCUT2D eigenvalue weighted by atomic mass is 9.45. The van der Waals surface area contributed by atoms with Crippen molar-refractivity contribution in [2.75, 3.05) is 6.61 Å². The molecule has 0 spiro atoms. The summed E-state index contributed by atoms with van der Waals surface area (Å²) in [4.78, 5) is 25.3. The van der Waals surface area contributed by atoms with E-state index in [1.165, 1.54) is 29.8 Å². The molecule has 4 aliphatic rings. The first-order valence-corrected chi connectivity index (χ1v) is 12.1. The van der Waals surface area contributed by atoms with E-state index in [9.17, 15) is 24.2 Å². The Hall–Kier alpha value is -2.05. The fourth-order valence-electron chi connectivity index (χ4n) is 7.95. The summed E-state index contributed by atoms with van der Waals surface area (Å²) in [7, 11) is 0. The zero-order valence-electron chi connectivity index (χ0n) is 19.4. The summed E-state index contributed by atoms with van der Waals surface area (Å²) in [5, 5.41) is 23.2. The third-order valence-corrected chi connectivity index (χ3v) is 9.69. The number of carbonyl (C=O) groups is 2. The van der Waals surface area contributed by atoms with Gasteiger partial charge in [-0.3, -0.25) is 9.59 Å². The SMILES string of the molecule is CC12CCC(=O)C=C1CCC1C2C(O)CC2(C)C1CC[C@]2(O)C(=O)COc1ccc(F)cc1. The zero-order valence-corrected chi connectivity index (χ0v) is 19.4. The molecule has 0 amide bonds. The van der Waals surface area contributed by atoms with Crippen LogP contribution in [0.25, 0.3) is 0 Å². The van der Waals surface area contributed by atoms with Gasteiger partial charge in [-0.25, -0.2) is 4.39 Å². The molecule has 6 heteroatoms. The second-order valence-corrected chi connectivity index (χ2v) is 11.1. The van der Waals surface area contributed by atoms with Gasteiger partial charge in [-0.1, -0.05) is 19.4 Å². The highest BCUT2D eigenvalue weighted by molar-refractivity contribution is 5.92. The van der Waals surface area contributed by atoms with Crippen LogP contribution >= 0.6 is 0 Å². The van der Waals surface area contributed by atoms with Crippen molar-refractivity contribution in [3.05, 3.63) is 41.7 Å². The molecule has 5 nitrogen and oxygen atoms in total. The summed E-state index contributed by atoms with van der Waals surface area (Å²) in [6.07, 6.45) is 5.58. The predicted octanol–water partition coefficient (Wildman–Crippen LogP) is 4.01. The normalized spacial score (nSPS) is 42.1. The Morgan fingerprint density at radius 1 is 1.15 bits per heavy atom. The first kappa shape index (κ1) is 22.7. The molecule has 0 heterocycles. The van der Waals surface area contributed by atoms with Crippen molar-refractivity contribution in [2.45, 2.75) is 70.5 Å². The van der Waals surface area contributed by atoms with Crippen molar-refractivity contribution in [3.63, 3.8) is 0 Å². The summed E-state index contributed by atoms with van der Waals surface area (Å²) >= 11 is 0. The number of aliphatic hydroxyl groups is 2. The van der Waals surface area contributed by atoms with E-state index in [1.54, 1.807) is 0 Å². The largest absolute Gasteiger partial charge is 0.486 e. The third-order valence-electron chi connectivity index (χ3n) is 9.69. The quantitative estimate of drug-likeness (QED) is 0.715. The first-order valence-electron chi connectivity index (χ1n) is 12.1. The highest BCUT2D eigenvalue weighted by Crippen LogP contribution is 2.67. The molecule has 6 unspecified atom stereocenters.